The second-order valence-electron chi connectivity index (χ2n) is 9.41. The molecule has 5 nitrogen and oxygen atoms in total. The number of hydrogen-bond acceptors (Lipinski definition) is 5. The van der Waals surface area contributed by atoms with Crippen molar-refractivity contribution in [3.8, 4) is 11.6 Å². The fourth-order valence-corrected chi connectivity index (χ4v) is 3.94. The molecule has 1 aliphatic heterocycles. The third-order valence-electron chi connectivity index (χ3n) is 5.70. The van der Waals surface area contributed by atoms with E-state index in [4.69, 9.17) is 9.47 Å². The number of aromatic nitrogens is 1. The van der Waals surface area contributed by atoms with Gasteiger partial charge >= 0.3 is 6.18 Å². The van der Waals surface area contributed by atoms with Gasteiger partial charge in [0.05, 0.1) is 5.57 Å². The van der Waals surface area contributed by atoms with Gasteiger partial charge in [0.15, 0.2) is 5.78 Å². The van der Waals surface area contributed by atoms with Crippen LogP contribution in [0.1, 0.15) is 63.8 Å². The third-order valence-corrected chi connectivity index (χ3v) is 5.70. The van der Waals surface area contributed by atoms with Crippen molar-refractivity contribution < 1.29 is 41.3 Å². The van der Waals surface area contributed by atoms with Crippen molar-refractivity contribution in [2.24, 2.45) is 0 Å². The summed E-state index contributed by atoms with van der Waals surface area (Å²) in [5.74, 6) is -5.41. The van der Waals surface area contributed by atoms with Gasteiger partial charge < -0.3 is 14.6 Å². The van der Waals surface area contributed by atoms with Crippen LogP contribution in [-0.2, 0) is 28.1 Å². The maximum atomic E-state index is 13.6. The maximum Gasteiger partial charge on any atom is 0.421 e. The number of Topliss-reactive ketones (excluding diaryl/α,β-unsaturated/α-hetero) is 1. The van der Waals surface area contributed by atoms with Crippen LogP contribution in [0.25, 0.3) is 5.57 Å². The first-order chi connectivity index (χ1) is 15.9. The van der Waals surface area contributed by atoms with Crippen molar-refractivity contribution in [3.05, 3.63) is 58.5 Å². The minimum atomic E-state index is -5.01. The molecule has 0 bridgehead atoms. The molecule has 0 saturated heterocycles. The monoisotopic (exact) mass is 499 g/mol. The molecule has 0 atom stereocenters. The first-order valence-corrected chi connectivity index (χ1v) is 10.8. The predicted molar refractivity (Wildman–Crippen MR) is 118 cm³/mol. The molecule has 190 valence electrons. The Kier molecular flexibility index (Phi) is 6.52. The molecule has 1 aromatic carbocycles. The van der Waals surface area contributed by atoms with E-state index in [0.29, 0.717) is 31.2 Å². The number of aliphatic hydroxyl groups excluding tert-OH is 1. The van der Waals surface area contributed by atoms with Crippen molar-refractivity contribution in [2.75, 3.05) is 0 Å². The lowest BCUT2D eigenvalue weighted by molar-refractivity contribution is -0.158. The SMILES string of the molecule is CCc1ccc(Oc2ncc(C(C)(F)F)cc2C(F)(F)F)cc1C1=C(O)C(C)(C)OC(C)(C)C1=O. The second kappa shape index (κ2) is 8.58. The molecule has 0 spiro atoms. The summed E-state index contributed by atoms with van der Waals surface area (Å²) in [5, 5.41) is 10.9. The van der Waals surface area contributed by atoms with Crippen LogP contribution in [0, 0.1) is 0 Å². The highest BCUT2D eigenvalue weighted by Crippen LogP contribution is 2.43. The molecule has 1 N–H and O–H groups in total. The number of ether oxygens (including phenoxy) is 2. The van der Waals surface area contributed by atoms with E-state index in [1.807, 2.05) is 6.92 Å². The molecule has 3 rings (SSSR count). The number of aliphatic hydroxyl groups is 1. The van der Waals surface area contributed by atoms with Crippen LogP contribution in [0.5, 0.6) is 11.6 Å². The van der Waals surface area contributed by atoms with Crippen LogP contribution in [0.3, 0.4) is 0 Å². The molecule has 35 heavy (non-hydrogen) atoms. The quantitative estimate of drug-likeness (QED) is 0.449. The Morgan fingerprint density at radius 2 is 1.69 bits per heavy atom. The third kappa shape index (κ3) is 5.17. The Morgan fingerprint density at radius 3 is 2.23 bits per heavy atom. The van der Waals surface area contributed by atoms with E-state index in [-0.39, 0.29) is 22.6 Å². The highest BCUT2D eigenvalue weighted by Gasteiger charge is 2.47. The standard InChI is InChI=1S/C25H26F5NO4/c1-7-13-8-9-15(11-16(13)18-19(32)22(2,3)35-23(4,5)20(18)33)34-21-17(25(28,29)30)10-14(12-31-21)24(6,26)27/h8-12,32H,7H2,1-6H3. The molecule has 10 heteroatoms. The highest BCUT2D eigenvalue weighted by atomic mass is 19.4. The minimum Gasteiger partial charge on any atom is -0.508 e. The van der Waals surface area contributed by atoms with Gasteiger partial charge in [0.1, 0.15) is 28.3 Å². The Hall–Kier alpha value is -3.01. The summed E-state index contributed by atoms with van der Waals surface area (Å²) in [4.78, 5) is 16.7. The molecule has 1 aliphatic rings. The van der Waals surface area contributed by atoms with Gasteiger partial charge in [-0.2, -0.15) is 13.2 Å². The zero-order valence-corrected chi connectivity index (χ0v) is 20.1. The molecule has 0 aliphatic carbocycles. The number of pyridine rings is 1. The van der Waals surface area contributed by atoms with Crippen molar-refractivity contribution in [1.82, 2.24) is 4.98 Å². The van der Waals surface area contributed by atoms with Gasteiger partial charge in [0.25, 0.3) is 5.92 Å². The van der Waals surface area contributed by atoms with Gasteiger partial charge in [0.2, 0.25) is 5.88 Å². The summed E-state index contributed by atoms with van der Waals surface area (Å²) in [7, 11) is 0. The number of ketones is 1. The fraction of sp³-hybridized carbons (Fsp3) is 0.440. The van der Waals surface area contributed by atoms with Crippen molar-refractivity contribution >= 4 is 11.4 Å². The zero-order valence-electron chi connectivity index (χ0n) is 20.1. The number of hydrogen-bond donors (Lipinski definition) is 1. The molecule has 0 fully saturated rings. The second-order valence-corrected chi connectivity index (χ2v) is 9.41. The number of halogens is 5. The molecule has 2 aromatic rings. The molecule has 0 unspecified atom stereocenters. The highest BCUT2D eigenvalue weighted by molar-refractivity contribution is 6.26. The van der Waals surface area contributed by atoms with Crippen LogP contribution in [0.2, 0.25) is 0 Å². The van der Waals surface area contributed by atoms with E-state index in [1.54, 1.807) is 33.8 Å². The summed E-state index contributed by atoms with van der Waals surface area (Å²) < 4.78 is 79.2. The van der Waals surface area contributed by atoms with Crippen LogP contribution in [-0.4, -0.2) is 27.1 Å². The minimum absolute atomic E-state index is 0.0291. The average molecular weight is 499 g/mol. The van der Waals surface area contributed by atoms with Crippen LogP contribution >= 0.6 is 0 Å². The molecule has 0 saturated carbocycles. The molecular formula is C25H26F5NO4. The van der Waals surface area contributed by atoms with Gasteiger partial charge in [-0.05, 0) is 63.4 Å². The summed E-state index contributed by atoms with van der Waals surface area (Å²) in [6.07, 6.45) is -3.96. The number of carbonyl (C=O) groups is 1. The Bertz CT molecular complexity index is 1190. The number of aryl methyl sites for hydroxylation is 1. The van der Waals surface area contributed by atoms with E-state index in [0.717, 1.165) is 0 Å². The van der Waals surface area contributed by atoms with Gasteiger partial charge in [0, 0.05) is 18.7 Å². The number of nitrogens with zero attached hydrogens (tertiary/aromatic N) is 1. The van der Waals surface area contributed by atoms with E-state index in [9.17, 15) is 31.9 Å². The van der Waals surface area contributed by atoms with Gasteiger partial charge in [-0.1, -0.05) is 13.0 Å². The average Bonchev–Trinajstić information content (AvgIpc) is 2.71. The maximum absolute atomic E-state index is 13.6. The Morgan fingerprint density at radius 1 is 1.06 bits per heavy atom. The van der Waals surface area contributed by atoms with Crippen LogP contribution in [0.4, 0.5) is 22.0 Å². The van der Waals surface area contributed by atoms with Gasteiger partial charge in [-0.15, -0.1) is 0 Å². The topological polar surface area (TPSA) is 68.7 Å². The van der Waals surface area contributed by atoms with E-state index < -0.39 is 46.1 Å². The number of carbonyl (C=O) groups excluding carboxylic acids is 1. The number of alkyl halides is 5. The molecule has 1 aromatic heterocycles. The van der Waals surface area contributed by atoms with Gasteiger partial charge in [-0.25, -0.2) is 13.8 Å². The first-order valence-electron chi connectivity index (χ1n) is 10.8. The molecule has 0 radical (unpaired) electrons. The Labute approximate surface area is 199 Å². The summed E-state index contributed by atoms with van der Waals surface area (Å²) in [5.41, 5.74) is -4.00. The van der Waals surface area contributed by atoms with Crippen molar-refractivity contribution in [2.45, 2.75) is 71.3 Å². The van der Waals surface area contributed by atoms with Crippen molar-refractivity contribution in [1.29, 1.82) is 0 Å². The lowest BCUT2D eigenvalue weighted by Crippen LogP contribution is -2.49. The zero-order chi connectivity index (χ0) is 26.6. The molecular weight excluding hydrogens is 473 g/mol. The van der Waals surface area contributed by atoms with E-state index in [1.165, 1.54) is 12.1 Å². The molecule has 0 amide bonds. The lowest BCUT2D eigenvalue weighted by atomic mass is 9.81. The number of benzene rings is 1. The Balaban J connectivity index is 2.16. The van der Waals surface area contributed by atoms with Crippen LogP contribution in [0.15, 0.2) is 36.2 Å². The smallest absolute Gasteiger partial charge is 0.421 e. The van der Waals surface area contributed by atoms with E-state index in [2.05, 4.69) is 4.98 Å². The summed E-state index contributed by atoms with van der Waals surface area (Å²) >= 11 is 0. The van der Waals surface area contributed by atoms with Crippen molar-refractivity contribution in [3.63, 3.8) is 0 Å². The predicted octanol–water partition coefficient (Wildman–Crippen LogP) is 6.99. The fourth-order valence-electron chi connectivity index (χ4n) is 3.94. The van der Waals surface area contributed by atoms with Crippen LogP contribution < -0.4 is 4.74 Å². The normalized spacial score (nSPS) is 18.1. The van der Waals surface area contributed by atoms with Gasteiger partial charge in [-0.3, -0.25) is 4.79 Å². The van der Waals surface area contributed by atoms with E-state index >= 15 is 0 Å². The summed E-state index contributed by atoms with van der Waals surface area (Å²) in [6, 6.07) is 4.55. The summed E-state index contributed by atoms with van der Waals surface area (Å²) in [6.45, 7) is 8.57. The lowest BCUT2D eigenvalue weighted by Gasteiger charge is -2.40. The first kappa shape index (κ1) is 26.6. The molecule has 2 heterocycles. The number of rotatable bonds is 5. The largest absolute Gasteiger partial charge is 0.508 e.